The van der Waals surface area contributed by atoms with Gasteiger partial charge in [-0.05, 0) is 57.5 Å². The highest BCUT2D eigenvalue weighted by Crippen LogP contribution is 2.33. The SMILES string of the molecule is CCOC(=O)c1[nH]c(C)c(C(=O)[C@H](C)N(C(=O)c2cccs2)C2CC2)c1C. The highest BCUT2D eigenvalue weighted by atomic mass is 32.1. The second-order valence-electron chi connectivity index (χ2n) is 6.81. The maximum Gasteiger partial charge on any atom is 0.355 e. The van der Waals surface area contributed by atoms with Crippen LogP contribution in [-0.2, 0) is 4.74 Å². The number of H-pyrrole nitrogens is 1. The minimum atomic E-state index is -0.602. The molecule has 7 heteroatoms. The van der Waals surface area contributed by atoms with Crippen molar-refractivity contribution >= 4 is 29.0 Å². The normalized spacial score (nSPS) is 14.7. The van der Waals surface area contributed by atoms with Crippen molar-refractivity contribution in [1.82, 2.24) is 9.88 Å². The van der Waals surface area contributed by atoms with E-state index in [2.05, 4.69) is 4.98 Å². The van der Waals surface area contributed by atoms with Crippen molar-refractivity contribution in [3.8, 4) is 0 Å². The summed E-state index contributed by atoms with van der Waals surface area (Å²) >= 11 is 1.38. The van der Waals surface area contributed by atoms with Crippen LogP contribution >= 0.6 is 11.3 Å². The van der Waals surface area contributed by atoms with Crippen LogP contribution in [0.2, 0.25) is 0 Å². The van der Waals surface area contributed by atoms with Gasteiger partial charge in [-0.3, -0.25) is 9.59 Å². The fraction of sp³-hybridized carbons (Fsp3) is 0.450. The van der Waals surface area contributed by atoms with E-state index in [-0.39, 0.29) is 24.3 Å². The van der Waals surface area contributed by atoms with Crippen molar-refractivity contribution in [1.29, 1.82) is 0 Å². The zero-order valence-electron chi connectivity index (χ0n) is 16.0. The average Bonchev–Trinajstić information content (AvgIpc) is 3.20. The molecule has 0 saturated heterocycles. The lowest BCUT2D eigenvalue weighted by Gasteiger charge is -2.28. The van der Waals surface area contributed by atoms with E-state index >= 15 is 0 Å². The maximum absolute atomic E-state index is 13.3. The van der Waals surface area contributed by atoms with Crippen LogP contribution in [-0.4, -0.2) is 46.2 Å². The third kappa shape index (κ3) is 3.69. The molecule has 2 aromatic rings. The first-order valence-electron chi connectivity index (χ1n) is 9.13. The van der Waals surface area contributed by atoms with Crippen molar-refractivity contribution < 1.29 is 19.1 Å². The number of carbonyl (C=O) groups is 3. The van der Waals surface area contributed by atoms with Gasteiger partial charge in [0, 0.05) is 17.3 Å². The molecule has 6 nitrogen and oxygen atoms in total. The lowest BCUT2D eigenvalue weighted by molar-refractivity contribution is 0.0518. The molecule has 0 radical (unpaired) electrons. The van der Waals surface area contributed by atoms with Crippen molar-refractivity contribution in [2.45, 2.75) is 52.6 Å². The molecule has 144 valence electrons. The summed E-state index contributed by atoms with van der Waals surface area (Å²) in [4.78, 5) is 43.6. The molecule has 1 fully saturated rings. The lowest BCUT2D eigenvalue weighted by atomic mass is 9.99. The Labute approximate surface area is 162 Å². The molecule has 0 spiro atoms. The van der Waals surface area contributed by atoms with Crippen molar-refractivity contribution in [3.05, 3.63) is 44.9 Å². The highest BCUT2D eigenvalue weighted by molar-refractivity contribution is 7.12. The minimum absolute atomic E-state index is 0.0997. The summed E-state index contributed by atoms with van der Waals surface area (Å²) in [5, 5.41) is 1.86. The summed E-state index contributed by atoms with van der Waals surface area (Å²) in [6.07, 6.45) is 1.82. The molecular formula is C20H24N2O4S. The Bertz CT molecular complexity index is 865. The number of nitrogens with one attached hydrogen (secondary N) is 1. The summed E-state index contributed by atoms with van der Waals surface area (Å²) < 4.78 is 5.06. The standard InChI is InChI=1S/C20H24N2O4S/c1-5-26-20(25)17-11(2)16(12(3)21-17)18(23)13(4)22(14-8-9-14)19(24)15-7-6-10-27-15/h6-7,10,13-14,21H,5,8-9H2,1-4H3/t13-/m0/s1. The van der Waals surface area contributed by atoms with Crippen LogP contribution in [0.4, 0.5) is 0 Å². The quantitative estimate of drug-likeness (QED) is 0.579. The van der Waals surface area contributed by atoms with Gasteiger partial charge in [-0.1, -0.05) is 6.07 Å². The number of rotatable bonds is 7. The first kappa shape index (κ1) is 19.4. The van der Waals surface area contributed by atoms with Crippen LogP contribution in [0.5, 0.6) is 0 Å². The number of Topliss-reactive ketones (excluding diaryl/α,β-unsaturated/α-hetero) is 1. The van der Waals surface area contributed by atoms with E-state index in [0.29, 0.717) is 27.4 Å². The molecule has 1 saturated carbocycles. The van der Waals surface area contributed by atoms with E-state index < -0.39 is 12.0 Å². The van der Waals surface area contributed by atoms with E-state index in [9.17, 15) is 14.4 Å². The van der Waals surface area contributed by atoms with Gasteiger partial charge in [0.25, 0.3) is 5.91 Å². The number of nitrogens with zero attached hydrogens (tertiary/aromatic N) is 1. The number of thiophene rings is 1. The van der Waals surface area contributed by atoms with E-state index in [0.717, 1.165) is 12.8 Å². The molecule has 1 N–H and O–H groups in total. The van der Waals surface area contributed by atoms with E-state index in [1.165, 1.54) is 11.3 Å². The fourth-order valence-electron chi connectivity index (χ4n) is 3.40. The molecule has 1 atom stereocenters. The van der Waals surface area contributed by atoms with E-state index in [4.69, 9.17) is 4.74 Å². The van der Waals surface area contributed by atoms with Gasteiger partial charge < -0.3 is 14.6 Å². The number of esters is 1. The Hall–Kier alpha value is -2.41. The molecule has 27 heavy (non-hydrogen) atoms. The van der Waals surface area contributed by atoms with Gasteiger partial charge in [-0.25, -0.2) is 4.79 Å². The van der Waals surface area contributed by atoms with Gasteiger partial charge in [0.1, 0.15) is 5.69 Å². The Morgan fingerprint density at radius 2 is 2.04 bits per heavy atom. The van der Waals surface area contributed by atoms with Gasteiger partial charge >= 0.3 is 5.97 Å². The average molecular weight is 388 g/mol. The summed E-state index contributed by atoms with van der Waals surface area (Å²) in [7, 11) is 0. The number of ketones is 1. The molecule has 1 aliphatic rings. The molecule has 0 unspecified atom stereocenters. The summed E-state index contributed by atoms with van der Waals surface area (Å²) in [6.45, 7) is 7.26. The number of hydrogen-bond donors (Lipinski definition) is 1. The molecule has 0 aliphatic heterocycles. The van der Waals surface area contributed by atoms with Crippen LogP contribution in [0.15, 0.2) is 17.5 Å². The van der Waals surface area contributed by atoms with E-state index in [1.807, 2.05) is 11.4 Å². The molecule has 2 heterocycles. The predicted octanol–water partition coefficient (Wildman–Crippen LogP) is 3.75. The molecule has 2 aromatic heterocycles. The molecular weight excluding hydrogens is 364 g/mol. The smallest absolute Gasteiger partial charge is 0.355 e. The summed E-state index contributed by atoms with van der Waals surface area (Å²) in [5.74, 6) is -0.739. The first-order chi connectivity index (χ1) is 12.9. The van der Waals surface area contributed by atoms with Crippen molar-refractivity contribution in [2.24, 2.45) is 0 Å². The van der Waals surface area contributed by atoms with Gasteiger partial charge in [0.15, 0.2) is 5.78 Å². The topological polar surface area (TPSA) is 79.5 Å². The summed E-state index contributed by atoms with van der Waals surface area (Å²) in [6, 6.07) is 3.12. The lowest BCUT2D eigenvalue weighted by Crippen LogP contribution is -2.44. The van der Waals surface area contributed by atoms with Crippen molar-refractivity contribution in [3.63, 3.8) is 0 Å². The summed E-state index contributed by atoms with van der Waals surface area (Å²) in [5.41, 5.74) is 1.96. The molecule has 0 aromatic carbocycles. The Kier molecular flexibility index (Phi) is 5.51. The number of aryl methyl sites for hydroxylation is 1. The Morgan fingerprint density at radius 1 is 1.33 bits per heavy atom. The number of ether oxygens (including phenoxy) is 1. The Morgan fingerprint density at radius 3 is 2.59 bits per heavy atom. The van der Waals surface area contributed by atoms with Crippen LogP contribution in [0.3, 0.4) is 0 Å². The van der Waals surface area contributed by atoms with Crippen molar-refractivity contribution in [2.75, 3.05) is 6.61 Å². The molecule has 3 rings (SSSR count). The fourth-order valence-corrected chi connectivity index (χ4v) is 4.07. The van der Waals surface area contributed by atoms with Gasteiger partial charge in [0.05, 0.1) is 17.5 Å². The monoisotopic (exact) mass is 388 g/mol. The van der Waals surface area contributed by atoms with Crippen LogP contribution in [0.1, 0.15) is 68.5 Å². The third-order valence-corrected chi connectivity index (χ3v) is 5.72. The zero-order chi connectivity index (χ0) is 19.7. The minimum Gasteiger partial charge on any atom is -0.461 e. The van der Waals surface area contributed by atoms with E-state index in [1.54, 1.807) is 38.7 Å². The maximum atomic E-state index is 13.3. The highest BCUT2D eigenvalue weighted by Gasteiger charge is 2.40. The second kappa shape index (κ2) is 7.68. The number of amides is 1. The van der Waals surface area contributed by atoms with Gasteiger partial charge in [0.2, 0.25) is 0 Å². The van der Waals surface area contributed by atoms with Gasteiger partial charge in [-0.2, -0.15) is 0 Å². The molecule has 1 aliphatic carbocycles. The number of aromatic amines is 1. The van der Waals surface area contributed by atoms with Crippen LogP contribution in [0.25, 0.3) is 0 Å². The second-order valence-corrected chi connectivity index (χ2v) is 7.75. The third-order valence-electron chi connectivity index (χ3n) is 4.87. The number of aromatic nitrogens is 1. The molecule has 0 bridgehead atoms. The molecule has 1 amide bonds. The zero-order valence-corrected chi connectivity index (χ0v) is 16.8. The number of carbonyl (C=O) groups excluding carboxylic acids is 3. The predicted molar refractivity (Wildman–Crippen MR) is 104 cm³/mol. The van der Waals surface area contributed by atoms with Crippen LogP contribution < -0.4 is 0 Å². The Balaban J connectivity index is 1.90. The largest absolute Gasteiger partial charge is 0.461 e. The van der Waals surface area contributed by atoms with Gasteiger partial charge in [-0.15, -0.1) is 11.3 Å². The first-order valence-corrected chi connectivity index (χ1v) is 10.0. The van der Waals surface area contributed by atoms with Crippen LogP contribution in [0, 0.1) is 13.8 Å². The number of hydrogen-bond acceptors (Lipinski definition) is 5.